The number of furan rings is 1. The molecule has 7 heteroatoms. The number of halogens is 1. The molecule has 3 aromatic heterocycles. The minimum absolute atomic E-state index is 0.154. The first-order valence-corrected chi connectivity index (χ1v) is 8.48. The number of nitrogens with one attached hydrogen (secondary N) is 1. The monoisotopic (exact) mass is 353 g/mol. The number of amides is 1. The summed E-state index contributed by atoms with van der Waals surface area (Å²) in [5, 5.41) is 13.0. The summed E-state index contributed by atoms with van der Waals surface area (Å²) in [6, 6.07) is 10.6. The average Bonchev–Trinajstić information content (AvgIpc) is 3.25. The lowest BCUT2D eigenvalue weighted by atomic mass is 10.2. The average molecular weight is 354 g/mol. The highest BCUT2D eigenvalue weighted by molar-refractivity contribution is 7.18. The van der Waals surface area contributed by atoms with E-state index in [1.54, 1.807) is 24.3 Å². The molecule has 0 fully saturated rings. The SMILES string of the molecule is O=C(NCc1ccc([C@@H](O)c2ccco2)s1)c1ccc(Cl)s1. The van der Waals surface area contributed by atoms with Crippen LogP contribution in [-0.2, 0) is 6.54 Å². The van der Waals surface area contributed by atoms with E-state index in [4.69, 9.17) is 16.0 Å². The summed E-state index contributed by atoms with van der Waals surface area (Å²) in [7, 11) is 0. The fourth-order valence-electron chi connectivity index (χ4n) is 1.91. The van der Waals surface area contributed by atoms with Gasteiger partial charge >= 0.3 is 0 Å². The molecule has 22 heavy (non-hydrogen) atoms. The topological polar surface area (TPSA) is 62.5 Å². The third-order valence-corrected chi connectivity index (χ3v) is 5.35. The van der Waals surface area contributed by atoms with Gasteiger partial charge in [0.25, 0.3) is 5.91 Å². The molecular formula is C15H12ClNO3S2. The molecule has 1 atom stereocenters. The zero-order valence-electron chi connectivity index (χ0n) is 11.3. The number of rotatable bonds is 5. The fourth-order valence-corrected chi connectivity index (χ4v) is 3.82. The number of thiophene rings is 2. The molecule has 1 amide bonds. The highest BCUT2D eigenvalue weighted by atomic mass is 35.5. The summed E-state index contributed by atoms with van der Waals surface area (Å²) in [5.41, 5.74) is 0. The molecule has 3 heterocycles. The van der Waals surface area contributed by atoms with Crippen molar-refractivity contribution in [1.29, 1.82) is 0 Å². The van der Waals surface area contributed by atoms with Crippen LogP contribution < -0.4 is 5.32 Å². The smallest absolute Gasteiger partial charge is 0.261 e. The summed E-state index contributed by atoms with van der Waals surface area (Å²) >= 11 is 8.49. The maximum atomic E-state index is 11.9. The number of carbonyl (C=O) groups is 1. The Balaban J connectivity index is 1.61. The third kappa shape index (κ3) is 3.41. The third-order valence-electron chi connectivity index (χ3n) is 2.98. The molecule has 114 valence electrons. The second-order valence-electron chi connectivity index (χ2n) is 4.51. The molecule has 0 saturated heterocycles. The van der Waals surface area contributed by atoms with Crippen LogP contribution in [0, 0.1) is 0 Å². The van der Waals surface area contributed by atoms with Crippen molar-refractivity contribution in [3.63, 3.8) is 0 Å². The standard InChI is InChI=1S/C15H12ClNO3S2/c16-13-6-5-12(22-13)15(19)17-8-9-3-4-11(21-9)14(18)10-2-1-7-20-10/h1-7,14,18H,8H2,(H,17,19)/t14-/m0/s1. The quantitative estimate of drug-likeness (QED) is 0.726. The van der Waals surface area contributed by atoms with E-state index in [1.165, 1.54) is 28.9 Å². The Kier molecular flexibility index (Phi) is 4.63. The van der Waals surface area contributed by atoms with Gasteiger partial charge in [-0.25, -0.2) is 0 Å². The van der Waals surface area contributed by atoms with E-state index in [0.29, 0.717) is 21.5 Å². The summed E-state index contributed by atoms with van der Waals surface area (Å²) in [6.07, 6.45) is 0.750. The molecule has 0 aliphatic carbocycles. The molecule has 2 N–H and O–H groups in total. The van der Waals surface area contributed by atoms with Crippen molar-refractivity contribution in [1.82, 2.24) is 5.32 Å². The van der Waals surface area contributed by atoms with Crippen LogP contribution in [0.4, 0.5) is 0 Å². The summed E-state index contributed by atoms with van der Waals surface area (Å²) < 4.78 is 5.78. The lowest BCUT2D eigenvalue weighted by Crippen LogP contribution is -2.21. The van der Waals surface area contributed by atoms with E-state index >= 15 is 0 Å². The predicted molar refractivity (Wildman–Crippen MR) is 87.6 cm³/mol. The van der Waals surface area contributed by atoms with Crippen LogP contribution in [0.2, 0.25) is 4.34 Å². The number of hydrogen-bond acceptors (Lipinski definition) is 5. The van der Waals surface area contributed by atoms with Crippen molar-refractivity contribution >= 4 is 40.2 Å². The highest BCUT2D eigenvalue weighted by Gasteiger charge is 2.16. The molecule has 0 saturated carbocycles. The summed E-state index contributed by atoms with van der Waals surface area (Å²) in [6.45, 7) is 0.407. The van der Waals surface area contributed by atoms with Crippen molar-refractivity contribution in [3.05, 3.63) is 67.4 Å². The maximum Gasteiger partial charge on any atom is 0.261 e. The Morgan fingerprint density at radius 1 is 1.27 bits per heavy atom. The van der Waals surface area contributed by atoms with Gasteiger partial charge in [0.1, 0.15) is 11.9 Å². The molecule has 0 bridgehead atoms. The van der Waals surface area contributed by atoms with Crippen LogP contribution in [0.15, 0.2) is 47.1 Å². The molecule has 0 spiro atoms. The van der Waals surface area contributed by atoms with Crippen molar-refractivity contribution in [3.8, 4) is 0 Å². The minimum Gasteiger partial charge on any atom is -0.466 e. The molecule has 0 aliphatic heterocycles. The van der Waals surface area contributed by atoms with Crippen molar-refractivity contribution in [2.24, 2.45) is 0 Å². The Morgan fingerprint density at radius 3 is 2.82 bits per heavy atom. The molecule has 0 unspecified atom stereocenters. The number of aliphatic hydroxyl groups excluding tert-OH is 1. The molecule has 0 aliphatic rings. The second-order valence-corrected chi connectivity index (χ2v) is 7.42. The van der Waals surface area contributed by atoms with Gasteiger partial charge in [0.05, 0.1) is 22.0 Å². The van der Waals surface area contributed by atoms with Crippen LogP contribution in [0.25, 0.3) is 0 Å². The van der Waals surface area contributed by atoms with Crippen LogP contribution in [-0.4, -0.2) is 11.0 Å². The van der Waals surface area contributed by atoms with Gasteiger partial charge in [-0.1, -0.05) is 11.6 Å². The first kappa shape index (κ1) is 15.3. The van der Waals surface area contributed by atoms with Crippen molar-refractivity contribution in [2.45, 2.75) is 12.6 Å². The second kappa shape index (κ2) is 6.66. The molecule has 3 aromatic rings. The van der Waals surface area contributed by atoms with E-state index in [1.807, 2.05) is 12.1 Å². The number of carbonyl (C=O) groups excluding carboxylic acids is 1. The zero-order chi connectivity index (χ0) is 15.5. The normalized spacial score (nSPS) is 12.3. The Bertz CT molecular complexity index is 763. The molecule has 3 rings (SSSR count). The molecule has 0 aromatic carbocycles. The minimum atomic E-state index is -0.777. The van der Waals surface area contributed by atoms with E-state index in [-0.39, 0.29) is 5.91 Å². The molecule has 4 nitrogen and oxygen atoms in total. The van der Waals surface area contributed by atoms with Crippen molar-refractivity contribution in [2.75, 3.05) is 0 Å². The lowest BCUT2D eigenvalue weighted by molar-refractivity contribution is 0.0955. The Hall–Kier alpha value is -1.60. The Morgan fingerprint density at radius 2 is 2.14 bits per heavy atom. The van der Waals surface area contributed by atoms with E-state index < -0.39 is 6.10 Å². The lowest BCUT2D eigenvalue weighted by Gasteiger charge is -2.04. The highest BCUT2D eigenvalue weighted by Crippen LogP contribution is 2.29. The van der Waals surface area contributed by atoms with Gasteiger partial charge in [-0.3, -0.25) is 4.79 Å². The Labute approximate surface area is 140 Å². The van der Waals surface area contributed by atoms with Gasteiger partial charge in [-0.2, -0.15) is 0 Å². The first-order valence-electron chi connectivity index (χ1n) is 6.47. The van der Waals surface area contributed by atoms with Gasteiger partial charge in [-0.05, 0) is 36.4 Å². The molecular weight excluding hydrogens is 342 g/mol. The largest absolute Gasteiger partial charge is 0.466 e. The number of aliphatic hydroxyl groups is 1. The summed E-state index contributed by atoms with van der Waals surface area (Å²) in [4.78, 5) is 14.3. The van der Waals surface area contributed by atoms with Crippen LogP contribution >= 0.6 is 34.3 Å². The van der Waals surface area contributed by atoms with E-state index in [2.05, 4.69) is 5.32 Å². The fraction of sp³-hybridized carbons (Fsp3) is 0.133. The van der Waals surface area contributed by atoms with Crippen LogP contribution in [0.3, 0.4) is 0 Å². The van der Waals surface area contributed by atoms with E-state index in [0.717, 1.165) is 9.75 Å². The number of hydrogen-bond donors (Lipinski definition) is 2. The maximum absolute atomic E-state index is 11.9. The van der Waals surface area contributed by atoms with E-state index in [9.17, 15) is 9.90 Å². The zero-order valence-corrected chi connectivity index (χ0v) is 13.7. The molecule has 0 radical (unpaired) electrons. The van der Waals surface area contributed by atoms with Gasteiger partial charge in [0.15, 0.2) is 0 Å². The van der Waals surface area contributed by atoms with Gasteiger partial charge in [-0.15, -0.1) is 22.7 Å². The van der Waals surface area contributed by atoms with Crippen molar-refractivity contribution < 1.29 is 14.3 Å². The van der Waals surface area contributed by atoms with Gasteiger partial charge in [0.2, 0.25) is 0 Å². The van der Waals surface area contributed by atoms with Gasteiger partial charge in [0, 0.05) is 9.75 Å². The van der Waals surface area contributed by atoms with Crippen LogP contribution in [0.5, 0.6) is 0 Å². The van der Waals surface area contributed by atoms with Gasteiger partial charge < -0.3 is 14.8 Å². The predicted octanol–water partition coefficient (Wildman–Crippen LogP) is 4.07. The summed E-state index contributed by atoms with van der Waals surface area (Å²) in [5.74, 6) is 0.351. The first-order chi connectivity index (χ1) is 10.6. The van der Waals surface area contributed by atoms with Crippen LogP contribution in [0.1, 0.15) is 31.3 Å².